The van der Waals surface area contributed by atoms with Crippen molar-refractivity contribution in [2.45, 2.75) is 52.4 Å². The molecule has 6 nitrogen and oxygen atoms in total. The van der Waals surface area contributed by atoms with Crippen molar-refractivity contribution in [1.29, 1.82) is 0 Å². The largest absolute Gasteiger partial charge is 1.00 e. The monoisotopic (exact) mass is 421 g/mol. The number of aromatic nitrogens is 2. The summed E-state index contributed by atoms with van der Waals surface area (Å²) in [4.78, 5) is 28.6. The standard InChI is InChI=1S/2C10H13NO2.Cu/c2*1-2-3-4-8-5-6-9(10(12)13)11-7-8;/h2*5-7H,2-4H2,1H3,(H,12,13);/q;;+1. The molecule has 27 heavy (non-hydrogen) atoms. The van der Waals surface area contributed by atoms with Crippen LogP contribution in [0.1, 0.15) is 71.6 Å². The minimum absolute atomic E-state index is 0. The number of carboxylic acid groups (broad SMARTS) is 2. The molecule has 2 aromatic rings. The van der Waals surface area contributed by atoms with Gasteiger partial charge in [-0.25, -0.2) is 19.6 Å². The van der Waals surface area contributed by atoms with Crippen LogP contribution in [0.25, 0.3) is 0 Å². The molecule has 0 saturated carbocycles. The first-order valence-corrected chi connectivity index (χ1v) is 8.84. The second-order valence-electron chi connectivity index (χ2n) is 5.92. The van der Waals surface area contributed by atoms with Gasteiger partial charge in [0.15, 0.2) is 0 Å². The Morgan fingerprint density at radius 1 is 0.778 bits per heavy atom. The van der Waals surface area contributed by atoms with E-state index in [1.807, 2.05) is 12.1 Å². The molecule has 0 fully saturated rings. The van der Waals surface area contributed by atoms with E-state index in [0.29, 0.717) is 0 Å². The number of hydrogen-bond donors (Lipinski definition) is 2. The van der Waals surface area contributed by atoms with Crippen molar-refractivity contribution in [2.75, 3.05) is 0 Å². The molecule has 150 valence electrons. The molecule has 2 heterocycles. The molecule has 0 atom stereocenters. The number of carboxylic acids is 2. The molecule has 0 aromatic carbocycles. The third-order valence-corrected chi connectivity index (χ3v) is 3.73. The minimum atomic E-state index is -0.970. The molecule has 0 aliphatic carbocycles. The fraction of sp³-hybridized carbons (Fsp3) is 0.400. The van der Waals surface area contributed by atoms with E-state index in [4.69, 9.17) is 10.2 Å². The summed E-state index contributed by atoms with van der Waals surface area (Å²) >= 11 is 0. The Labute approximate surface area is 170 Å². The molecule has 0 amide bonds. The van der Waals surface area contributed by atoms with E-state index in [2.05, 4.69) is 23.8 Å². The van der Waals surface area contributed by atoms with E-state index in [-0.39, 0.29) is 28.5 Å². The predicted molar refractivity (Wildman–Crippen MR) is 99.6 cm³/mol. The summed E-state index contributed by atoms with van der Waals surface area (Å²) < 4.78 is 0. The van der Waals surface area contributed by atoms with E-state index in [1.165, 1.54) is 0 Å². The number of nitrogens with zero attached hydrogens (tertiary/aromatic N) is 2. The Bertz CT molecular complexity index is 627. The Morgan fingerprint density at radius 2 is 1.15 bits per heavy atom. The molecule has 7 heteroatoms. The van der Waals surface area contributed by atoms with Gasteiger partial charge in [-0.05, 0) is 48.9 Å². The van der Waals surface area contributed by atoms with E-state index >= 15 is 0 Å². The van der Waals surface area contributed by atoms with Crippen molar-refractivity contribution in [1.82, 2.24) is 9.97 Å². The summed E-state index contributed by atoms with van der Waals surface area (Å²) in [6.45, 7) is 4.25. The van der Waals surface area contributed by atoms with Crippen LogP contribution in [0, 0.1) is 0 Å². The number of pyridine rings is 2. The molecule has 2 aromatic heterocycles. The SMILES string of the molecule is CCCCc1ccc(C(=O)O)nc1.CCCCc1ccc(C(=O)O)nc1.[Cu+]. The van der Waals surface area contributed by atoms with Gasteiger partial charge in [0.1, 0.15) is 11.4 Å². The van der Waals surface area contributed by atoms with Gasteiger partial charge in [-0.2, -0.15) is 0 Å². The van der Waals surface area contributed by atoms with Crippen LogP contribution in [-0.4, -0.2) is 32.1 Å². The van der Waals surface area contributed by atoms with Gasteiger partial charge in [-0.3, -0.25) is 0 Å². The van der Waals surface area contributed by atoms with E-state index in [9.17, 15) is 9.59 Å². The van der Waals surface area contributed by atoms with Gasteiger partial charge in [0.05, 0.1) is 0 Å². The molecule has 2 N–H and O–H groups in total. The molecule has 0 bridgehead atoms. The Balaban J connectivity index is 0.000000483. The number of rotatable bonds is 8. The van der Waals surface area contributed by atoms with Gasteiger partial charge in [0.2, 0.25) is 0 Å². The molecule has 0 saturated heterocycles. The van der Waals surface area contributed by atoms with Gasteiger partial charge in [0.25, 0.3) is 0 Å². The molecular formula is C20H26CuN2O4+. The predicted octanol–water partition coefficient (Wildman–Crippen LogP) is 4.24. The summed E-state index contributed by atoms with van der Waals surface area (Å²) in [6, 6.07) is 6.75. The first-order chi connectivity index (χ1) is 12.5. The van der Waals surface area contributed by atoms with Crippen molar-refractivity contribution >= 4 is 11.9 Å². The molecule has 0 radical (unpaired) electrons. The van der Waals surface area contributed by atoms with E-state index < -0.39 is 11.9 Å². The molecule has 0 aliphatic rings. The zero-order valence-corrected chi connectivity index (χ0v) is 16.6. The number of aromatic carboxylic acids is 2. The van der Waals surface area contributed by atoms with E-state index in [0.717, 1.165) is 49.7 Å². The normalized spacial score (nSPS) is 9.56. The molecule has 0 aliphatic heterocycles. The average Bonchev–Trinajstić information content (AvgIpc) is 2.66. The summed E-state index contributed by atoms with van der Waals surface area (Å²) in [6.07, 6.45) is 9.74. The number of unbranched alkanes of at least 4 members (excludes halogenated alkanes) is 2. The van der Waals surface area contributed by atoms with Crippen LogP contribution in [0.15, 0.2) is 36.7 Å². The van der Waals surface area contributed by atoms with Crippen LogP contribution >= 0.6 is 0 Å². The fourth-order valence-corrected chi connectivity index (χ4v) is 2.16. The van der Waals surface area contributed by atoms with Gasteiger partial charge in [-0.15, -0.1) is 0 Å². The Morgan fingerprint density at radius 3 is 1.37 bits per heavy atom. The van der Waals surface area contributed by atoms with Gasteiger partial charge < -0.3 is 10.2 Å². The van der Waals surface area contributed by atoms with Crippen molar-refractivity contribution in [3.8, 4) is 0 Å². The van der Waals surface area contributed by atoms with Crippen LogP contribution in [0.2, 0.25) is 0 Å². The van der Waals surface area contributed by atoms with Crippen LogP contribution in [0.4, 0.5) is 0 Å². The van der Waals surface area contributed by atoms with Gasteiger partial charge in [-0.1, -0.05) is 38.8 Å². The van der Waals surface area contributed by atoms with Gasteiger partial charge in [0, 0.05) is 12.4 Å². The quantitative estimate of drug-likeness (QED) is 0.618. The first kappa shape index (κ1) is 24.8. The summed E-state index contributed by atoms with van der Waals surface area (Å²) in [5.41, 5.74) is 2.43. The maximum Gasteiger partial charge on any atom is 1.00 e. The maximum atomic E-state index is 10.5. The third kappa shape index (κ3) is 9.87. The smallest absolute Gasteiger partial charge is 0.477 e. The number of aryl methyl sites for hydroxylation is 2. The minimum Gasteiger partial charge on any atom is -0.477 e. The van der Waals surface area contributed by atoms with Crippen molar-refractivity contribution in [3.05, 3.63) is 59.2 Å². The van der Waals surface area contributed by atoms with Crippen LogP contribution < -0.4 is 0 Å². The summed E-state index contributed by atoms with van der Waals surface area (Å²) in [7, 11) is 0. The van der Waals surface area contributed by atoms with E-state index in [1.54, 1.807) is 24.5 Å². The topological polar surface area (TPSA) is 100 Å². The van der Waals surface area contributed by atoms with Crippen LogP contribution in [0.5, 0.6) is 0 Å². The Hall–Kier alpha value is -2.24. The fourth-order valence-electron chi connectivity index (χ4n) is 2.16. The zero-order chi connectivity index (χ0) is 19.4. The van der Waals surface area contributed by atoms with Crippen molar-refractivity contribution < 1.29 is 36.9 Å². The summed E-state index contributed by atoms with van der Waals surface area (Å²) in [5, 5.41) is 17.2. The third-order valence-electron chi connectivity index (χ3n) is 3.73. The van der Waals surface area contributed by atoms with Crippen LogP contribution in [0.3, 0.4) is 0 Å². The average molecular weight is 422 g/mol. The van der Waals surface area contributed by atoms with Crippen molar-refractivity contribution in [3.63, 3.8) is 0 Å². The first-order valence-electron chi connectivity index (χ1n) is 8.84. The summed E-state index contributed by atoms with van der Waals surface area (Å²) in [5.74, 6) is -1.94. The maximum absolute atomic E-state index is 10.5. The molecule has 0 spiro atoms. The van der Waals surface area contributed by atoms with Crippen LogP contribution in [-0.2, 0) is 29.9 Å². The Kier molecular flexibility index (Phi) is 12.7. The molecule has 0 unspecified atom stereocenters. The number of carbonyl (C=O) groups is 2. The second kappa shape index (κ2) is 13.9. The second-order valence-corrected chi connectivity index (χ2v) is 5.92. The van der Waals surface area contributed by atoms with Gasteiger partial charge >= 0.3 is 29.0 Å². The molecule has 2 rings (SSSR count). The number of hydrogen-bond acceptors (Lipinski definition) is 4. The molecular weight excluding hydrogens is 396 g/mol. The zero-order valence-electron chi connectivity index (χ0n) is 15.6. The van der Waals surface area contributed by atoms with Crippen molar-refractivity contribution in [2.24, 2.45) is 0 Å².